The number of nitrogens with one attached hydrogen (secondary N) is 1. The van der Waals surface area contributed by atoms with Gasteiger partial charge >= 0.3 is 11.9 Å². The summed E-state index contributed by atoms with van der Waals surface area (Å²) >= 11 is 3.67. The van der Waals surface area contributed by atoms with Gasteiger partial charge in [0.15, 0.2) is 16.9 Å². The van der Waals surface area contributed by atoms with Crippen molar-refractivity contribution in [3.05, 3.63) is 117 Å². The first-order chi connectivity index (χ1) is 22.9. The first kappa shape index (κ1) is 32.0. The third-order valence-corrected chi connectivity index (χ3v) is 10.1. The second kappa shape index (κ2) is 14.2. The monoisotopic (exact) mass is 689 g/mol. The third kappa shape index (κ3) is 6.77. The lowest BCUT2D eigenvalue weighted by atomic mass is 10.0. The molecule has 2 aromatic carbocycles. The number of rotatable bonds is 11. The highest BCUT2D eigenvalue weighted by molar-refractivity contribution is 8.00. The number of hydrogen-bond acceptors (Lipinski definition) is 13. The van der Waals surface area contributed by atoms with E-state index in [1.54, 1.807) is 22.9 Å². The molecule has 6 rings (SSSR count). The van der Waals surface area contributed by atoms with E-state index < -0.39 is 41.3 Å². The molecule has 2 aliphatic rings. The Kier molecular flexibility index (Phi) is 9.65. The van der Waals surface area contributed by atoms with Gasteiger partial charge in [-0.05, 0) is 22.6 Å². The van der Waals surface area contributed by atoms with Crippen molar-refractivity contribution < 1.29 is 33.5 Å². The Morgan fingerprint density at radius 2 is 1.72 bits per heavy atom. The number of nitrogen functional groups attached to an aromatic ring is 1. The fourth-order valence-corrected chi connectivity index (χ4v) is 7.54. The zero-order valence-corrected chi connectivity index (χ0v) is 27.2. The van der Waals surface area contributed by atoms with E-state index in [4.69, 9.17) is 20.0 Å². The number of oxime groups is 1. The van der Waals surface area contributed by atoms with Crippen LogP contribution in [0, 0.1) is 0 Å². The molecular weight excluding hydrogens is 663 g/mol. The number of esters is 2. The summed E-state index contributed by atoms with van der Waals surface area (Å²) < 4.78 is 11.7. The van der Waals surface area contributed by atoms with Gasteiger partial charge in [0.2, 0.25) is 0 Å². The number of nitrogens with zero attached hydrogens (tertiary/aromatic N) is 3. The molecular formula is C32H27N5O7S3. The molecule has 2 amide bonds. The Morgan fingerprint density at radius 1 is 1.02 bits per heavy atom. The van der Waals surface area contributed by atoms with Crippen molar-refractivity contribution in [1.82, 2.24) is 15.2 Å². The van der Waals surface area contributed by atoms with E-state index in [1.807, 2.05) is 60.7 Å². The third-order valence-electron chi connectivity index (χ3n) is 7.22. The normalized spacial score (nSPS) is 17.5. The van der Waals surface area contributed by atoms with Gasteiger partial charge in [0.25, 0.3) is 11.8 Å². The highest BCUT2D eigenvalue weighted by Crippen LogP contribution is 2.42. The molecule has 4 aromatic rings. The van der Waals surface area contributed by atoms with Crippen LogP contribution in [0.5, 0.6) is 0 Å². The number of anilines is 1. The lowest BCUT2D eigenvalue weighted by Gasteiger charge is -2.49. The van der Waals surface area contributed by atoms with Crippen molar-refractivity contribution in [3.63, 3.8) is 0 Å². The van der Waals surface area contributed by atoms with Crippen molar-refractivity contribution >= 4 is 69.0 Å². The van der Waals surface area contributed by atoms with Crippen molar-refractivity contribution in [2.75, 3.05) is 25.2 Å². The van der Waals surface area contributed by atoms with E-state index >= 15 is 0 Å². The van der Waals surface area contributed by atoms with E-state index in [2.05, 4.69) is 15.5 Å². The molecule has 1 fully saturated rings. The number of aromatic nitrogens is 1. The van der Waals surface area contributed by atoms with Crippen LogP contribution >= 0.6 is 34.4 Å². The summed E-state index contributed by atoms with van der Waals surface area (Å²) in [6, 6.07) is 20.8. The average Bonchev–Trinajstić information content (AvgIpc) is 3.80. The smallest absolute Gasteiger partial charge is 0.356 e. The molecule has 0 spiro atoms. The largest absolute Gasteiger partial charge is 0.457 e. The van der Waals surface area contributed by atoms with Crippen LogP contribution in [0.2, 0.25) is 0 Å². The van der Waals surface area contributed by atoms with E-state index in [9.17, 15) is 19.2 Å². The van der Waals surface area contributed by atoms with E-state index in [0.29, 0.717) is 10.5 Å². The molecule has 12 nitrogen and oxygen atoms in total. The van der Waals surface area contributed by atoms with Crippen molar-refractivity contribution in [3.8, 4) is 0 Å². The van der Waals surface area contributed by atoms with Crippen LogP contribution in [-0.4, -0.2) is 70.2 Å². The summed E-state index contributed by atoms with van der Waals surface area (Å²) in [5.74, 6) is -2.34. The standard InChI is InChI=1S/C32H27N5O7S3/c1-42-36-23(21-17-47-32(33)34-21)27(38)35-24-28(39)37-25(20(16-46-29(24)37)15-43-30(40)22-13-8-14-45-22)31(41)44-26(18-9-4-2-5-10-18)19-11-6-3-7-12-19/h2-14,17,24,26,29H,15-16H2,1H3,(H2,33,34)(H,35,38)/b36-23+/t24?,29-/m1/s1. The number of carbonyl (C=O) groups is 4. The fourth-order valence-electron chi connectivity index (χ4n) is 5.05. The summed E-state index contributed by atoms with van der Waals surface area (Å²) in [4.78, 5) is 64.4. The molecule has 2 aromatic heterocycles. The fraction of sp³-hybridized carbons (Fsp3) is 0.188. The van der Waals surface area contributed by atoms with Crippen LogP contribution in [0.4, 0.5) is 5.13 Å². The number of carbonyl (C=O) groups excluding carboxylic acids is 4. The Morgan fingerprint density at radius 3 is 2.32 bits per heavy atom. The van der Waals surface area contributed by atoms with Gasteiger partial charge in [0.1, 0.15) is 41.4 Å². The first-order valence-electron chi connectivity index (χ1n) is 14.2. The molecule has 15 heteroatoms. The molecule has 47 heavy (non-hydrogen) atoms. The SMILES string of the molecule is CO/N=C(/C(=O)NC1C(=O)N2C(C(=O)OC(c3ccccc3)c3ccccc3)=C(COC(=O)c3cccs3)CS[C@H]12)c1csc(N)n1. The van der Waals surface area contributed by atoms with Crippen LogP contribution in [0.25, 0.3) is 0 Å². The molecule has 1 unspecified atom stereocenters. The van der Waals surface area contributed by atoms with Crippen LogP contribution in [0.1, 0.15) is 32.6 Å². The van der Waals surface area contributed by atoms with Crippen LogP contribution < -0.4 is 11.1 Å². The minimum absolute atomic E-state index is 0.0295. The first-order valence-corrected chi connectivity index (χ1v) is 17.0. The number of thioether (sulfide) groups is 1. The predicted molar refractivity (Wildman–Crippen MR) is 178 cm³/mol. The number of β-lactam (4-membered cyclic amide) rings is 1. The predicted octanol–water partition coefficient (Wildman–Crippen LogP) is 3.98. The lowest BCUT2D eigenvalue weighted by Crippen LogP contribution is -2.71. The van der Waals surface area contributed by atoms with E-state index in [0.717, 1.165) is 22.5 Å². The number of thiazole rings is 1. The van der Waals surface area contributed by atoms with Gasteiger partial charge in [-0.2, -0.15) is 0 Å². The Bertz CT molecular complexity index is 1810. The Balaban J connectivity index is 1.28. The summed E-state index contributed by atoms with van der Waals surface area (Å²) in [6.45, 7) is -0.237. The van der Waals surface area contributed by atoms with Crippen LogP contribution in [0.3, 0.4) is 0 Å². The van der Waals surface area contributed by atoms with Gasteiger partial charge in [-0.25, -0.2) is 14.6 Å². The van der Waals surface area contributed by atoms with Crippen molar-refractivity contribution in [1.29, 1.82) is 0 Å². The minimum atomic E-state index is -0.998. The van der Waals surface area contributed by atoms with Gasteiger partial charge < -0.3 is 25.4 Å². The average molecular weight is 690 g/mol. The second-order valence-electron chi connectivity index (χ2n) is 10.2. The molecule has 240 valence electrons. The molecule has 0 aliphatic carbocycles. The van der Waals surface area contributed by atoms with Gasteiger partial charge in [-0.15, -0.1) is 34.4 Å². The number of fused-ring (bicyclic) bond motifs is 1. The zero-order valence-electron chi connectivity index (χ0n) is 24.7. The zero-order chi connectivity index (χ0) is 32.9. The van der Waals surface area contributed by atoms with Gasteiger partial charge in [-0.3, -0.25) is 14.5 Å². The summed E-state index contributed by atoms with van der Waals surface area (Å²) in [5, 5.41) is 9.37. The maximum Gasteiger partial charge on any atom is 0.356 e. The molecule has 2 aliphatic heterocycles. The summed E-state index contributed by atoms with van der Waals surface area (Å²) in [5.41, 5.74) is 7.60. The minimum Gasteiger partial charge on any atom is -0.457 e. The second-order valence-corrected chi connectivity index (χ2v) is 13.1. The molecule has 0 saturated carbocycles. The number of ether oxygens (including phenoxy) is 2. The van der Waals surface area contributed by atoms with E-state index in [1.165, 1.54) is 35.1 Å². The van der Waals surface area contributed by atoms with Crippen LogP contribution in [-0.2, 0) is 28.7 Å². The molecule has 3 N–H and O–H groups in total. The van der Waals surface area contributed by atoms with Gasteiger partial charge in [-0.1, -0.05) is 71.9 Å². The Labute approximate surface area is 281 Å². The maximum atomic E-state index is 14.1. The molecule has 0 radical (unpaired) electrons. The summed E-state index contributed by atoms with van der Waals surface area (Å²) in [6.07, 6.45) is -0.786. The summed E-state index contributed by atoms with van der Waals surface area (Å²) in [7, 11) is 1.28. The van der Waals surface area contributed by atoms with Crippen molar-refractivity contribution in [2.24, 2.45) is 5.16 Å². The topological polar surface area (TPSA) is 163 Å². The number of hydrogen-bond donors (Lipinski definition) is 2. The highest BCUT2D eigenvalue weighted by atomic mass is 32.2. The number of nitrogens with two attached hydrogens (primary N) is 1. The quantitative estimate of drug-likeness (QED) is 0.102. The lowest BCUT2D eigenvalue weighted by molar-refractivity contribution is -0.154. The van der Waals surface area contributed by atoms with Crippen molar-refractivity contribution in [2.45, 2.75) is 17.5 Å². The highest BCUT2D eigenvalue weighted by Gasteiger charge is 2.55. The molecule has 2 atom stereocenters. The van der Waals surface area contributed by atoms with E-state index in [-0.39, 0.29) is 34.6 Å². The van der Waals surface area contributed by atoms with Crippen LogP contribution in [0.15, 0.2) is 100.0 Å². The van der Waals surface area contributed by atoms with Gasteiger partial charge in [0.05, 0.1) is 0 Å². The molecule has 4 heterocycles. The number of amides is 2. The molecule has 0 bridgehead atoms. The molecule has 1 saturated heterocycles. The number of benzene rings is 2. The number of thiophene rings is 1. The Hall–Kier alpha value is -4.99. The van der Waals surface area contributed by atoms with Gasteiger partial charge in [0, 0.05) is 16.7 Å². The maximum absolute atomic E-state index is 14.1.